The van der Waals surface area contributed by atoms with Crippen LogP contribution < -0.4 is 0 Å². The Morgan fingerprint density at radius 2 is 0.446 bits per heavy atom. The predicted octanol–water partition coefficient (Wildman–Crippen LogP) is 1.59. The molecule has 4 rings (SSSR count). The summed E-state index contributed by atoms with van der Waals surface area (Å²) in [5.41, 5.74) is 2.21. The number of aliphatic hydroxyl groups is 12. The minimum atomic E-state index is -2.17. The number of aliphatic hydroxyl groups excluding tert-OH is 4. The van der Waals surface area contributed by atoms with Gasteiger partial charge in [-0.3, -0.25) is 9.59 Å². The van der Waals surface area contributed by atoms with E-state index in [4.69, 9.17) is 71.5 Å². The average Bonchev–Trinajstić information content (AvgIpc) is 3.14. The van der Waals surface area contributed by atoms with Crippen LogP contribution in [0.2, 0.25) is 0 Å². The van der Waals surface area contributed by atoms with Crippen molar-refractivity contribution < 1.29 is 90.7 Å². The fourth-order valence-electron chi connectivity index (χ4n) is 2.51. The van der Waals surface area contributed by atoms with Crippen molar-refractivity contribution >= 4 is 23.5 Å². The Morgan fingerprint density at radius 1 is 0.321 bits per heavy atom. The third kappa shape index (κ3) is 60.8. The van der Waals surface area contributed by atoms with E-state index in [2.05, 4.69) is 0 Å². The Kier molecular flexibility index (Phi) is 51.3. The molecule has 18 heteroatoms. The monoisotopic (exact) mass is 800 g/mol. The molecule has 4 aromatic carbocycles. The van der Waals surface area contributed by atoms with Crippen LogP contribution >= 0.6 is 0 Å². The van der Waals surface area contributed by atoms with Gasteiger partial charge in [-0.25, -0.2) is 9.59 Å². The van der Waals surface area contributed by atoms with Crippen LogP contribution in [0.3, 0.4) is 0 Å². The van der Waals surface area contributed by atoms with Crippen molar-refractivity contribution in [3.8, 4) is 0 Å². The van der Waals surface area contributed by atoms with Crippen LogP contribution in [-0.4, -0.2) is 121 Å². The van der Waals surface area contributed by atoms with Crippen molar-refractivity contribution in [3.63, 3.8) is 0 Å². The highest BCUT2D eigenvalue weighted by Crippen LogP contribution is 1.99. The van der Waals surface area contributed by atoms with E-state index in [1.807, 2.05) is 88.4 Å². The summed E-state index contributed by atoms with van der Waals surface area (Å²) in [6.07, 6.45) is 0. The molecule has 0 bridgehead atoms. The van der Waals surface area contributed by atoms with Gasteiger partial charge in [0.25, 0.3) is 25.9 Å². The van der Waals surface area contributed by atoms with Gasteiger partial charge in [0.05, 0.1) is 11.1 Å². The second-order valence-electron chi connectivity index (χ2n) is 8.57. The molecule has 0 saturated heterocycles. The maximum Gasteiger partial charge on any atom is 0.335 e. The number of hydrogen-bond donors (Lipinski definition) is 14. The first kappa shape index (κ1) is 62.7. The molecular weight excluding hydrogens is 744 g/mol. The van der Waals surface area contributed by atoms with Crippen molar-refractivity contribution in [2.75, 3.05) is 0 Å². The van der Waals surface area contributed by atoms with Gasteiger partial charge < -0.3 is 71.5 Å². The van der Waals surface area contributed by atoms with E-state index in [1.165, 1.54) is 0 Å². The summed E-state index contributed by atoms with van der Waals surface area (Å²) in [6.45, 7) is 2.46. The average molecular weight is 801 g/mol. The molecule has 0 aliphatic heterocycles. The lowest BCUT2D eigenvalue weighted by atomic mass is 10.2. The minimum Gasteiger partial charge on any atom is -0.478 e. The number of carboxylic acids is 2. The molecule has 0 aliphatic carbocycles. The molecule has 56 heavy (non-hydrogen) atoms. The van der Waals surface area contributed by atoms with E-state index in [0.717, 1.165) is 11.1 Å². The summed E-state index contributed by atoms with van der Waals surface area (Å²) in [5.74, 6) is -1.52. The van der Waals surface area contributed by atoms with Crippen LogP contribution in [-0.2, 0) is 0 Å². The first-order chi connectivity index (χ1) is 26.1. The molecule has 0 saturated carbocycles. The normalized spacial score (nSPS) is 8.54. The lowest BCUT2D eigenvalue weighted by Gasteiger charge is -1.89. The highest BCUT2D eigenvalue weighted by molar-refractivity contribution is 5.94. The zero-order valence-corrected chi connectivity index (χ0v) is 31.8. The molecule has 0 atom stereocenters. The fraction of sp³-hybridized carbons (Fsp3) is 0.263. The molecule has 4 aromatic rings. The summed E-state index contributed by atoms with van der Waals surface area (Å²) >= 11 is 0. The number of hydrogen-bond acceptors (Lipinski definition) is 16. The van der Waals surface area contributed by atoms with E-state index in [0.29, 0.717) is 11.1 Å². The molecule has 0 fully saturated rings. The predicted molar refractivity (Wildman–Crippen MR) is 204 cm³/mol. The van der Waals surface area contributed by atoms with E-state index in [-0.39, 0.29) is 11.6 Å². The van der Waals surface area contributed by atoms with Gasteiger partial charge in [0.1, 0.15) is 0 Å². The maximum atomic E-state index is 10.6. The first-order valence-corrected chi connectivity index (χ1v) is 16.0. The Morgan fingerprint density at radius 3 is 0.518 bits per heavy atom. The van der Waals surface area contributed by atoms with Gasteiger partial charge in [0, 0.05) is 11.1 Å². The van der Waals surface area contributed by atoms with Crippen molar-refractivity contribution in [3.05, 3.63) is 144 Å². The molecule has 14 N–H and O–H groups in total. The number of ketones is 2. The highest BCUT2D eigenvalue weighted by atomic mass is 16.7. The Balaban J connectivity index is -0.000000129. The quantitative estimate of drug-likeness (QED) is 0.103. The summed E-state index contributed by atoms with van der Waals surface area (Å²) in [7, 11) is 0. The zero-order chi connectivity index (χ0) is 45.1. The standard InChI is InChI=1S/2C8H8O.2C7H6O2.2C2H6.4CH4O3/c2*1-7(9)8-5-3-2-4-6-8;2*8-7(9)6-4-2-1-3-5-6;2*1-2;4*2-1(3)4/h2*2-6H,1H3;2*1-5H,(H,8,9);2*1-2H3;4*1-4H. The summed E-state index contributed by atoms with van der Waals surface area (Å²) in [4.78, 5) is 41.7. The van der Waals surface area contributed by atoms with Crippen LogP contribution in [0, 0.1) is 0 Å². The minimum absolute atomic E-state index is 0.121. The molecule has 18 nitrogen and oxygen atoms in total. The van der Waals surface area contributed by atoms with Gasteiger partial charge in [-0.15, -0.1) is 0 Å². The number of Topliss-reactive ketones (excluding diaryl/α,β-unsaturated/α-hetero) is 2. The molecule has 0 amide bonds. The van der Waals surface area contributed by atoms with Gasteiger partial charge >= 0.3 is 11.9 Å². The van der Waals surface area contributed by atoms with Crippen LogP contribution in [0.1, 0.15) is 83.0 Å². The Hall–Kier alpha value is -5.32. The van der Waals surface area contributed by atoms with Gasteiger partial charge in [0.2, 0.25) is 0 Å². The van der Waals surface area contributed by atoms with Gasteiger partial charge in [-0.2, -0.15) is 0 Å². The SMILES string of the molecule is CC.CC.CC(=O)c1ccccc1.CC(=O)c1ccccc1.O=C(O)c1ccccc1.O=C(O)c1ccccc1.OC(O)O.OC(O)O.OC(O)O.OC(O)O. The lowest BCUT2D eigenvalue weighted by Crippen LogP contribution is -1.98. The van der Waals surface area contributed by atoms with Crippen molar-refractivity contribution in [2.24, 2.45) is 0 Å². The third-order valence-electron chi connectivity index (χ3n) is 4.40. The lowest BCUT2D eigenvalue weighted by molar-refractivity contribution is -0.199. The van der Waals surface area contributed by atoms with Gasteiger partial charge in [-0.1, -0.05) is 125 Å². The second kappa shape index (κ2) is 45.8. The molecule has 0 spiro atoms. The summed E-state index contributed by atoms with van der Waals surface area (Å²) in [6, 6.07) is 35.0. The van der Waals surface area contributed by atoms with E-state index in [9.17, 15) is 19.2 Å². The van der Waals surface area contributed by atoms with Crippen LogP contribution in [0.5, 0.6) is 0 Å². The number of benzene rings is 4. The number of aromatic carboxylic acids is 2. The Labute approximate surface area is 325 Å². The molecule has 0 aliphatic rings. The second-order valence-corrected chi connectivity index (χ2v) is 8.57. The maximum absolute atomic E-state index is 10.6. The number of carbonyl (C=O) groups is 4. The third-order valence-corrected chi connectivity index (χ3v) is 4.40. The largest absolute Gasteiger partial charge is 0.478 e. The molecule has 0 radical (unpaired) electrons. The molecule has 0 heterocycles. The summed E-state index contributed by atoms with van der Waals surface area (Å²) < 4.78 is 0. The van der Waals surface area contributed by atoms with Crippen molar-refractivity contribution in [2.45, 2.75) is 67.4 Å². The van der Waals surface area contributed by atoms with E-state index in [1.54, 1.807) is 74.5 Å². The highest BCUT2D eigenvalue weighted by Gasteiger charge is 1.97. The van der Waals surface area contributed by atoms with Gasteiger partial charge in [-0.05, 0) is 38.1 Å². The zero-order valence-electron chi connectivity index (χ0n) is 31.8. The molecule has 0 aromatic heterocycles. The molecule has 0 unspecified atom stereocenters. The summed E-state index contributed by atoms with van der Waals surface area (Å²) in [5, 5.41) is 103. The van der Waals surface area contributed by atoms with Crippen LogP contribution in [0.15, 0.2) is 121 Å². The topological polar surface area (TPSA) is 352 Å². The fourth-order valence-corrected chi connectivity index (χ4v) is 2.51. The number of rotatable bonds is 4. The van der Waals surface area contributed by atoms with Gasteiger partial charge in [0.15, 0.2) is 11.6 Å². The molecular formula is C38H56O18. The molecule has 316 valence electrons. The van der Waals surface area contributed by atoms with Crippen LogP contribution in [0.25, 0.3) is 0 Å². The van der Waals surface area contributed by atoms with Crippen LogP contribution in [0.4, 0.5) is 0 Å². The van der Waals surface area contributed by atoms with Crippen molar-refractivity contribution in [1.82, 2.24) is 0 Å². The van der Waals surface area contributed by atoms with E-state index < -0.39 is 37.8 Å². The Bertz CT molecular complexity index is 1190. The smallest absolute Gasteiger partial charge is 0.335 e. The van der Waals surface area contributed by atoms with Crippen molar-refractivity contribution in [1.29, 1.82) is 0 Å². The number of carbonyl (C=O) groups excluding carboxylic acids is 2. The number of carboxylic acid groups (broad SMARTS) is 2. The van der Waals surface area contributed by atoms with E-state index >= 15 is 0 Å². The first-order valence-electron chi connectivity index (χ1n) is 16.0.